The highest BCUT2D eigenvalue weighted by molar-refractivity contribution is 7.87. The van der Waals surface area contributed by atoms with Crippen LogP contribution in [0.3, 0.4) is 0 Å². The lowest BCUT2D eigenvalue weighted by Gasteiger charge is -2.38. The third kappa shape index (κ3) is 6.06. The summed E-state index contributed by atoms with van der Waals surface area (Å²) in [4.78, 5) is 24.5. The highest BCUT2D eigenvalue weighted by Gasteiger charge is 2.69. The van der Waals surface area contributed by atoms with Crippen LogP contribution in [-0.4, -0.2) is 72.1 Å². The van der Waals surface area contributed by atoms with Crippen LogP contribution in [0.15, 0.2) is 12.7 Å². The zero-order valence-electron chi connectivity index (χ0n) is 16.4. The Morgan fingerprint density at radius 2 is 1.61 bits per heavy atom. The molecule has 0 bridgehead atoms. The van der Waals surface area contributed by atoms with Gasteiger partial charge < -0.3 is 14.4 Å². The summed E-state index contributed by atoms with van der Waals surface area (Å²) in [5, 5.41) is -6.08. The number of likely N-dealkylation sites (N-methyl/N-ethyl adjacent to an activating group) is 1. The first-order chi connectivity index (χ1) is 13.7. The molecule has 0 aromatic heterocycles. The molecule has 1 N–H and O–H groups in total. The first kappa shape index (κ1) is 29.1. The van der Waals surface area contributed by atoms with Gasteiger partial charge in [-0.2, -0.15) is 39.2 Å². The molecule has 0 rings (SSSR count). The van der Waals surface area contributed by atoms with E-state index in [1.54, 1.807) is 0 Å². The lowest BCUT2D eigenvalue weighted by atomic mass is 10.1. The number of halogens is 7. The molecule has 0 aromatic carbocycles. The maximum atomic E-state index is 13.8. The summed E-state index contributed by atoms with van der Waals surface area (Å²) in [7, 11) is -6.66. The number of hydrogen-bond donors (Lipinski definition) is 1. The largest absolute Gasteiger partial charge is 0.466 e. The van der Waals surface area contributed by atoms with Crippen molar-refractivity contribution in [2.45, 2.75) is 56.4 Å². The van der Waals surface area contributed by atoms with Gasteiger partial charge in [-0.1, -0.05) is 6.58 Å². The van der Waals surface area contributed by atoms with Crippen LogP contribution in [0.5, 0.6) is 0 Å². The number of carbonyl (C=O) groups is 2. The quantitative estimate of drug-likeness (QED) is 0.156. The van der Waals surface area contributed by atoms with Gasteiger partial charge in [-0.25, -0.2) is 4.79 Å². The van der Waals surface area contributed by atoms with Gasteiger partial charge >= 0.3 is 45.1 Å². The molecule has 0 aliphatic carbocycles. The van der Waals surface area contributed by atoms with Gasteiger partial charge in [-0.15, -0.1) is 0 Å². The van der Waals surface area contributed by atoms with E-state index in [1.807, 2.05) is 0 Å². The molecule has 0 heterocycles. The molecule has 0 saturated heterocycles. The SMILES string of the molecule is C=CC(=O)OC(OCCC(F)(F)C(F)(F)S(=O)(=O)O)(C(=O)N(CC)C(C)C)C(F)(F)F. The molecular formula is C15H20F7NO7S. The Kier molecular flexibility index (Phi) is 9.08. The molecule has 0 spiro atoms. The number of hydrogen-bond acceptors (Lipinski definition) is 6. The van der Waals surface area contributed by atoms with Crippen molar-refractivity contribution in [3.05, 3.63) is 12.7 Å². The normalized spacial score (nSPS) is 15.4. The maximum Gasteiger partial charge on any atom is 0.466 e. The minimum Gasteiger partial charge on any atom is -0.412 e. The van der Waals surface area contributed by atoms with Gasteiger partial charge in [0.05, 0.1) is 6.61 Å². The van der Waals surface area contributed by atoms with Crippen molar-refractivity contribution in [1.29, 1.82) is 0 Å². The average Bonchev–Trinajstić information content (AvgIpc) is 2.58. The van der Waals surface area contributed by atoms with Gasteiger partial charge in [-0.05, 0) is 20.8 Å². The third-order valence-corrected chi connectivity index (χ3v) is 4.71. The van der Waals surface area contributed by atoms with Crippen molar-refractivity contribution in [2.24, 2.45) is 0 Å². The minimum absolute atomic E-state index is 0.198. The Morgan fingerprint density at radius 3 is 1.94 bits per heavy atom. The van der Waals surface area contributed by atoms with E-state index in [9.17, 15) is 48.7 Å². The number of alkyl halides is 7. The number of nitrogens with zero attached hydrogens (tertiary/aromatic N) is 1. The lowest BCUT2D eigenvalue weighted by molar-refractivity contribution is -0.353. The van der Waals surface area contributed by atoms with Crippen LogP contribution >= 0.6 is 0 Å². The smallest absolute Gasteiger partial charge is 0.412 e. The van der Waals surface area contributed by atoms with Crippen molar-refractivity contribution < 1.29 is 62.8 Å². The molecule has 0 radical (unpaired) electrons. The molecule has 0 saturated carbocycles. The molecule has 1 unspecified atom stereocenters. The van der Waals surface area contributed by atoms with Crippen LogP contribution in [0.25, 0.3) is 0 Å². The van der Waals surface area contributed by atoms with E-state index in [4.69, 9.17) is 4.55 Å². The lowest BCUT2D eigenvalue weighted by Crippen LogP contribution is -2.63. The fraction of sp³-hybridized carbons (Fsp3) is 0.733. The van der Waals surface area contributed by atoms with Crippen LogP contribution in [-0.2, 0) is 29.2 Å². The molecule has 0 aliphatic heterocycles. The van der Waals surface area contributed by atoms with E-state index in [2.05, 4.69) is 16.1 Å². The second-order valence-corrected chi connectivity index (χ2v) is 7.68. The highest BCUT2D eigenvalue weighted by Crippen LogP contribution is 2.42. The maximum absolute atomic E-state index is 13.8. The van der Waals surface area contributed by atoms with Gasteiger partial charge in [0.25, 0.3) is 0 Å². The molecule has 1 amide bonds. The topological polar surface area (TPSA) is 110 Å². The minimum atomic E-state index is -6.66. The molecule has 0 fully saturated rings. The van der Waals surface area contributed by atoms with Crippen LogP contribution in [0.2, 0.25) is 0 Å². The molecule has 31 heavy (non-hydrogen) atoms. The Balaban J connectivity index is 6.22. The number of carbonyl (C=O) groups excluding carboxylic acids is 2. The third-order valence-electron chi connectivity index (χ3n) is 3.76. The van der Waals surface area contributed by atoms with Gasteiger partial charge in [0.15, 0.2) is 0 Å². The van der Waals surface area contributed by atoms with E-state index < -0.39 is 64.2 Å². The molecule has 182 valence electrons. The number of esters is 1. The summed E-state index contributed by atoms with van der Waals surface area (Å²) >= 11 is 0. The van der Waals surface area contributed by atoms with Gasteiger partial charge in [0.2, 0.25) is 0 Å². The predicted molar refractivity (Wildman–Crippen MR) is 89.6 cm³/mol. The second-order valence-electron chi connectivity index (χ2n) is 6.22. The van der Waals surface area contributed by atoms with Crippen LogP contribution in [0.4, 0.5) is 30.7 Å². The van der Waals surface area contributed by atoms with Crippen molar-refractivity contribution in [2.75, 3.05) is 13.2 Å². The second kappa shape index (κ2) is 9.68. The van der Waals surface area contributed by atoms with E-state index in [0.717, 1.165) is 0 Å². The van der Waals surface area contributed by atoms with Gasteiger partial charge in [0.1, 0.15) is 0 Å². The predicted octanol–water partition coefficient (Wildman–Crippen LogP) is 2.75. The molecule has 8 nitrogen and oxygen atoms in total. The van der Waals surface area contributed by atoms with Crippen molar-refractivity contribution in [3.63, 3.8) is 0 Å². The summed E-state index contributed by atoms with van der Waals surface area (Å²) in [6.07, 6.45) is -8.10. The summed E-state index contributed by atoms with van der Waals surface area (Å²) < 4.78 is 132. The Morgan fingerprint density at radius 1 is 1.13 bits per heavy atom. The number of amides is 1. The summed E-state index contributed by atoms with van der Waals surface area (Å²) in [6.45, 7) is 4.16. The van der Waals surface area contributed by atoms with E-state index in [-0.39, 0.29) is 12.6 Å². The molecule has 1 atom stereocenters. The molecule has 0 aliphatic rings. The van der Waals surface area contributed by atoms with Crippen LogP contribution in [0.1, 0.15) is 27.2 Å². The Labute approximate surface area is 172 Å². The summed E-state index contributed by atoms with van der Waals surface area (Å²) in [6, 6.07) is -0.935. The summed E-state index contributed by atoms with van der Waals surface area (Å²) in [5.74, 6) is -14.1. The average molecular weight is 491 g/mol. The standard InChI is InChI=1S/C15H20F7NO7S/c1-5-10(24)30-13(14(18,19)20,11(25)23(6-2)9(3)4)29-8-7-12(16,17)15(21,22)31(26,27)28/h5,9H,1,6-8H2,2-4H3,(H,26,27,28). The van der Waals surface area contributed by atoms with Crippen LogP contribution < -0.4 is 0 Å². The zero-order chi connectivity index (χ0) is 25.1. The van der Waals surface area contributed by atoms with Crippen molar-refractivity contribution in [3.8, 4) is 0 Å². The highest BCUT2D eigenvalue weighted by atomic mass is 32.2. The molecular weight excluding hydrogens is 471 g/mol. The van der Waals surface area contributed by atoms with Crippen molar-refractivity contribution >= 4 is 22.0 Å². The fourth-order valence-electron chi connectivity index (χ4n) is 2.17. The van der Waals surface area contributed by atoms with E-state index >= 15 is 0 Å². The van der Waals surface area contributed by atoms with Gasteiger partial charge in [0, 0.05) is 25.1 Å². The van der Waals surface area contributed by atoms with E-state index in [0.29, 0.717) is 4.90 Å². The van der Waals surface area contributed by atoms with Crippen molar-refractivity contribution in [1.82, 2.24) is 4.90 Å². The Bertz CT molecular complexity index is 783. The van der Waals surface area contributed by atoms with Crippen LogP contribution in [0, 0.1) is 0 Å². The first-order valence-electron chi connectivity index (χ1n) is 8.31. The number of ether oxygens (including phenoxy) is 2. The Hall–Kier alpha value is -1.94. The fourth-order valence-corrected chi connectivity index (χ4v) is 2.65. The van der Waals surface area contributed by atoms with E-state index in [1.165, 1.54) is 20.8 Å². The first-order valence-corrected chi connectivity index (χ1v) is 9.75. The zero-order valence-corrected chi connectivity index (χ0v) is 17.2. The van der Waals surface area contributed by atoms with Gasteiger partial charge in [-0.3, -0.25) is 9.35 Å². The number of rotatable bonds is 11. The monoisotopic (exact) mass is 491 g/mol. The summed E-state index contributed by atoms with van der Waals surface area (Å²) in [5.41, 5.74) is 0. The molecule has 16 heteroatoms. The molecule has 0 aromatic rings.